The molecule has 0 heterocycles. The topological polar surface area (TPSA) is 140 Å². The Morgan fingerprint density at radius 2 is 0.750 bits per heavy atom. The fraction of sp³-hybridized carbons (Fsp3) is 0.816. The third-order valence-corrected chi connectivity index (χ3v) is 7.09. The van der Waals surface area contributed by atoms with Gasteiger partial charge >= 0.3 is 6.09 Å². The van der Waals surface area contributed by atoms with E-state index in [4.69, 9.17) is 56.8 Å². The van der Waals surface area contributed by atoms with E-state index in [0.29, 0.717) is 145 Å². The minimum atomic E-state index is -0.468. The monoisotopic (exact) mass is 747 g/mol. The molecule has 0 atom stereocenters. The molecule has 0 saturated carbocycles. The molecule has 0 fully saturated rings. The maximum atomic E-state index is 11.7. The summed E-state index contributed by atoms with van der Waals surface area (Å²) in [6.45, 7) is 14.3. The first-order valence-electron chi connectivity index (χ1n) is 19.1. The van der Waals surface area contributed by atoms with Gasteiger partial charge in [-0.2, -0.15) is 0 Å². The van der Waals surface area contributed by atoms with Crippen LogP contribution in [-0.2, 0) is 63.4 Å². The van der Waals surface area contributed by atoms with Crippen molar-refractivity contribution in [3.8, 4) is 0 Å². The van der Waals surface area contributed by atoms with Gasteiger partial charge < -0.3 is 62.2 Å². The molecule has 1 amide bonds. The molecule has 1 aromatic carbocycles. The molecule has 1 rings (SSSR count). The number of amides is 1. The number of hydrogen-bond donors (Lipinski definition) is 1. The van der Waals surface area contributed by atoms with Crippen LogP contribution in [0.2, 0.25) is 0 Å². The van der Waals surface area contributed by atoms with Crippen molar-refractivity contribution in [2.75, 3.05) is 152 Å². The molecular formula is C38H69NO13. The van der Waals surface area contributed by atoms with Crippen LogP contribution in [0.4, 0.5) is 4.79 Å². The SMILES string of the molecule is CCCCCCCCOCCOCCOCCOCCOCCOCCOCCOCCOCCOCCOCCNC(=O)OCc1ccccc1. The minimum absolute atomic E-state index is 0.239. The Kier molecular flexibility index (Phi) is 38.6. The van der Waals surface area contributed by atoms with Crippen molar-refractivity contribution in [3.05, 3.63) is 35.9 Å². The Balaban J connectivity index is 1.62. The lowest BCUT2D eigenvalue weighted by atomic mass is 10.1. The van der Waals surface area contributed by atoms with E-state index in [2.05, 4.69) is 12.2 Å². The van der Waals surface area contributed by atoms with E-state index in [1.807, 2.05) is 30.3 Å². The molecule has 0 aliphatic heterocycles. The lowest BCUT2D eigenvalue weighted by Crippen LogP contribution is -2.28. The zero-order valence-electron chi connectivity index (χ0n) is 31.9. The molecule has 0 aromatic heterocycles. The summed E-state index contributed by atoms with van der Waals surface area (Å²) < 4.78 is 65.6. The Morgan fingerprint density at radius 1 is 0.423 bits per heavy atom. The van der Waals surface area contributed by atoms with Crippen LogP contribution in [0.3, 0.4) is 0 Å². The van der Waals surface area contributed by atoms with Gasteiger partial charge in [0.2, 0.25) is 0 Å². The van der Waals surface area contributed by atoms with Gasteiger partial charge in [-0.1, -0.05) is 69.4 Å². The van der Waals surface area contributed by atoms with Crippen molar-refractivity contribution < 1.29 is 61.6 Å². The highest BCUT2D eigenvalue weighted by atomic mass is 16.6. The van der Waals surface area contributed by atoms with Crippen molar-refractivity contribution in [1.29, 1.82) is 0 Å². The highest BCUT2D eigenvalue weighted by Gasteiger charge is 2.02. The number of alkyl carbamates (subject to hydrolysis) is 1. The maximum Gasteiger partial charge on any atom is 0.407 e. The lowest BCUT2D eigenvalue weighted by molar-refractivity contribution is -0.0275. The molecular weight excluding hydrogens is 678 g/mol. The standard InChI is InChI=1S/C38H69NO13/c1-2-3-4-5-6-10-14-41-16-18-43-20-22-45-24-26-47-28-30-49-32-34-51-35-33-50-31-29-48-27-25-46-23-21-44-19-17-42-15-13-39-38(40)52-36-37-11-8-7-9-12-37/h7-9,11-12H,2-6,10,13-36H2,1H3,(H,39,40). The van der Waals surface area contributed by atoms with Gasteiger partial charge in [0.25, 0.3) is 0 Å². The van der Waals surface area contributed by atoms with Crippen molar-refractivity contribution in [3.63, 3.8) is 0 Å². The molecule has 0 saturated heterocycles. The molecule has 0 aliphatic rings. The zero-order valence-corrected chi connectivity index (χ0v) is 31.9. The number of carbonyl (C=O) groups is 1. The normalized spacial score (nSPS) is 11.3. The second-order valence-electron chi connectivity index (χ2n) is 11.5. The van der Waals surface area contributed by atoms with Crippen LogP contribution in [0.25, 0.3) is 0 Å². The predicted molar refractivity (Wildman–Crippen MR) is 197 cm³/mol. The molecule has 1 aromatic rings. The fourth-order valence-corrected chi connectivity index (χ4v) is 4.29. The molecule has 14 nitrogen and oxygen atoms in total. The number of nitrogens with one attached hydrogen (secondary N) is 1. The van der Waals surface area contributed by atoms with Crippen LogP contribution in [0.1, 0.15) is 51.0 Å². The third-order valence-electron chi connectivity index (χ3n) is 7.09. The summed E-state index contributed by atoms with van der Waals surface area (Å²) in [7, 11) is 0. The number of hydrogen-bond acceptors (Lipinski definition) is 13. The van der Waals surface area contributed by atoms with E-state index in [0.717, 1.165) is 18.6 Å². The van der Waals surface area contributed by atoms with E-state index in [1.165, 1.54) is 32.1 Å². The summed E-state index contributed by atoms with van der Waals surface area (Å²) in [6, 6.07) is 9.51. The van der Waals surface area contributed by atoms with Gasteiger partial charge in [-0.3, -0.25) is 0 Å². The molecule has 0 unspecified atom stereocenters. The van der Waals surface area contributed by atoms with Gasteiger partial charge in [0.05, 0.1) is 139 Å². The molecule has 0 aliphatic carbocycles. The van der Waals surface area contributed by atoms with Crippen LogP contribution in [-0.4, -0.2) is 158 Å². The van der Waals surface area contributed by atoms with E-state index in [1.54, 1.807) is 0 Å². The second-order valence-corrected chi connectivity index (χ2v) is 11.5. The van der Waals surface area contributed by atoms with E-state index in [-0.39, 0.29) is 6.61 Å². The van der Waals surface area contributed by atoms with Crippen LogP contribution in [0.15, 0.2) is 30.3 Å². The van der Waals surface area contributed by atoms with Gasteiger partial charge in [0.15, 0.2) is 0 Å². The predicted octanol–water partition coefficient (Wildman–Crippen LogP) is 4.46. The van der Waals surface area contributed by atoms with Crippen molar-refractivity contribution in [2.45, 2.75) is 52.1 Å². The molecule has 0 bridgehead atoms. The first kappa shape index (κ1) is 48.1. The number of rotatable bonds is 42. The third kappa shape index (κ3) is 37.8. The molecule has 14 heteroatoms. The van der Waals surface area contributed by atoms with Crippen LogP contribution >= 0.6 is 0 Å². The zero-order chi connectivity index (χ0) is 37.1. The number of ether oxygens (including phenoxy) is 12. The van der Waals surface area contributed by atoms with Crippen LogP contribution < -0.4 is 5.32 Å². The van der Waals surface area contributed by atoms with Gasteiger partial charge in [-0.05, 0) is 12.0 Å². The molecule has 52 heavy (non-hydrogen) atoms. The summed E-state index contributed by atoms with van der Waals surface area (Å²) in [6.07, 6.45) is 7.19. The van der Waals surface area contributed by atoms with Crippen molar-refractivity contribution in [1.82, 2.24) is 5.32 Å². The van der Waals surface area contributed by atoms with Gasteiger partial charge in [-0.15, -0.1) is 0 Å². The van der Waals surface area contributed by atoms with E-state index < -0.39 is 6.09 Å². The Labute approximate surface area is 312 Å². The first-order valence-corrected chi connectivity index (χ1v) is 19.1. The molecule has 0 spiro atoms. The Bertz CT molecular complexity index is 840. The van der Waals surface area contributed by atoms with Crippen LogP contribution in [0, 0.1) is 0 Å². The molecule has 1 N–H and O–H groups in total. The minimum Gasteiger partial charge on any atom is -0.445 e. The second kappa shape index (κ2) is 41.8. The molecule has 0 radical (unpaired) electrons. The van der Waals surface area contributed by atoms with Crippen molar-refractivity contribution >= 4 is 6.09 Å². The van der Waals surface area contributed by atoms with Gasteiger partial charge in [0, 0.05) is 13.2 Å². The highest BCUT2D eigenvalue weighted by molar-refractivity contribution is 5.67. The average Bonchev–Trinajstić information content (AvgIpc) is 3.16. The highest BCUT2D eigenvalue weighted by Crippen LogP contribution is 2.05. The van der Waals surface area contributed by atoms with Gasteiger partial charge in [0.1, 0.15) is 6.61 Å². The van der Waals surface area contributed by atoms with Crippen LogP contribution in [0.5, 0.6) is 0 Å². The summed E-state index contributed by atoms with van der Waals surface area (Å²) >= 11 is 0. The summed E-state index contributed by atoms with van der Waals surface area (Å²) in [5.74, 6) is 0. The summed E-state index contributed by atoms with van der Waals surface area (Å²) in [5.41, 5.74) is 0.939. The number of unbranched alkanes of at least 4 members (excludes halogenated alkanes) is 5. The number of carbonyl (C=O) groups excluding carboxylic acids is 1. The quantitative estimate of drug-likeness (QED) is 0.0943. The molecule has 304 valence electrons. The smallest absolute Gasteiger partial charge is 0.407 e. The Hall–Kier alpha value is -1.95. The Morgan fingerprint density at radius 3 is 1.13 bits per heavy atom. The number of benzene rings is 1. The largest absolute Gasteiger partial charge is 0.445 e. The van der Waals surface area contributed by atoms with Gasteiger partial charge in [-0.25, -0.2) is 4.79 Å². The fourth-order valence-electron chi connectivity index (χ4n) is 4.29. The first-order chi connectivity index (χ1) is 25.8. The van der Waals surface area contributed by atoms with E-state index >= 15 is 0 Å². The van der Waals surface area contributed by atoms with Crippen molar-refractivity contribution in [2.24, 2.45) is 0 Å². The summed E-state index contributed by atoms with van der Waals surface area (Å²) in [5, 5.41) is 2.65. The summed E-state index contributed by atoms with van der Waals surface area (Å²) in [4.78, 5) is 11.7. The maximum absolute atomic E-state index is 11.7. The van der Waals surface area contributed by atoms with E-state index in [9.17, 15) is 4.79 Å². The average molecular weight is 748 g/mol. The lowest BCUT2D eigenvalue weighted by Gasteiger charge is -2.09.